The van der Waals surface area contributed by atoms with Crippen LogP contribution in [0.3, 0.4) is 0 Å². The molecule has 25 heavy (non-hydrogen) atoms. The second kappa shape index (κ2) is 6.97. The fraction of sp³-hybridized carbons (Fsp3) is 0.300. The molecule has 0 spiro atoms. The number of rotatable bonds is 3. The standard InChI is InChI=1S/C20H20N2O3/c1-13-11-18(19(23)21-25)22(12-13)20(24)16-9-7-15(8-10-16)17-6-4-3-5-14(17)2/h3-10,13,18H,11-12H2,1-2H3/t13-,18+/m1/s1. The molecule has 0 radical (unpaired) electrons. The molecule has 0 aliphatic carbocycles. The zero-order valence-electron chi connectivity index (χ0n) is 14.3. The Bertz CT molecular complexity index is 814. The van der Waals surface area contributed by atoms with Gasteiger partial charge in [0.05, 0.1) is 0 Å². The van der Waals surface area contributed by atoms with E-state index >= 15 is 0 Å². The molecule has 1 fully saturated rings. The number of hydrogen-bond donors (Lipinski definition) is 0. The van der Waals surface area contributed by atoms with Crippen molar-refractivity contribution in [2.24, 2.45) is 11.1 Å². The molecule has 0 N–H and O–H groups in total. The molecule has 0 unspecified atom stereocenters. The molecule has 0 aromatic heterocycles. The highest BCUT2D eigenvalue weighted by Gasteiger charge is 2.38. The van der Waals surface area contributed by atoms with Gasteiger partial charge in [0.1, 0.15) is 6.04 Å². The number of nitrogens with zero attached hydrogens (tertiary/aromatic N) is 2. The maximum absolute atomic E-state index is 12.8. The molecule has 2 amide bonds. The van der Waals surface area contributed by atoms with Crippen molar-refractivity contribution in [1.82, 2.24) is 4.90 Å². The van der Waals surface area contributed by atoms with Gasteiger partial charge in [-0.25, -0.2) is 0 Å². The number of benzene rings is 2. The molecule has 128 valence electrons. The zero-order chi connectivity index (χ0) is 18.0. The van der Waals surface area contributed by atoms with Crippen LogP contribution in [-0.2, 0) is 4.79 Å². The number of likely N-dealkylation sites (tertiary alicyclic amines) is 1. The van der Waals surface area contributed by atoms with Gasteiger partial charge in [-0.2, -0.15) is 0 Å². The summed E-state index contributed by atoms with van der Waals surface area (Å²) in [7, 11) is 0. The van der Waals surface area contributed by atoms with Crippen LogP contribution in [-0.4, -0.2) is 29.3 Å². The van der Waals surface area contributed by atoms with Crippen LogP contribution in [0.15, 0.2) is 53.7 Å². The topological polar surface area (TPSA) is 66.8 Å². The summed E-state index contributed by atoms with van der Waals surface area (Å²) in [6, 6.07) is 14.7. The van der Waals surface area contributed by atoms with E-state index in [-0.39, 0.29) is 11.8 Å². The van der Waals surface area contributed by atoms with E-state index in [0.717, 1.165) is 16.7 Å². The molecule has 2 aromatic rings. The van der Waals surface area contributed by atoms with Gasteiger partial charge in [0.25, 0.3) is 5.91 Å². The monoisotopic (exact) mass is 336 g/mol. The van der Waals surface area contributed by atoms with Gasteiger partial charge in [-0.15, -0.1) is 4.91 Å². The number of carbonyl (C=O) groups excluding carboxylic acids is 2. The first-order valence-corrected chi connectivity index (χ1v) is 8.35. The fourth-order valence-corrected chi connectivity index (χ4v) is 3.42. The summed E-state index contributed by atoms with van der Waals surface area (Å²) in [5, 5.41) is 2.51. The molecule has 1 aliphatic rings. The van der Waals surface area contributed by atoms with Gasteiger partial charge in [-0.3, -0.25) is 9.59 Å². The highest BCUT2D eigenvalue weighted by Crippen LogP contribution is 2.27. The Morgan fingerprint density at radius 3 is 2.40 bits per heavy atom. The van der Waals surface area contributed by atoms with Gasteiger partial charge < -0.3 is 4.90 Å². The molecular formula is C20H20N2O3. The molecule has 2 atom stereocenters. The van der Waals surface area contributed by atoms with E-state index < -0.39 is 11.9 Å². The van der Waals surface area contributed by atoms with Crippen molar-refractivity contribution in [1.29, 1.82) is 0 Å². The Balaban J connectivity index is 1.84. The molecule has 0 bridgehead atoms. The Hall–Kier alpha value is -2.82. The summed E-state index contributed by atoms with van der Waals surface area (Å²) in [6.07, 6.45) is 0.484. The summed E-state index contributed by atoms with van der Waals surface area (Å²) >= 11 is 0. The Morgan fingerprint density at radius 2 is 1.76 bits per heavy atom. The van der Waals surface area contributed by atoms with Crippen LogP contribution in [0.4, 0.5) is 0 Å². The first kappa shape index (κ1) is 17.0. The molecule has 2 aromatic carbocycles. The van der Waals surface area contributed by atoms with Gasteiger partial charge in [0, 0.05) is 17.3 Å². The number of aryl methyl sites for hydroxylation is 1. The van der Waals surface area contributed by atoms with E-state index in [0.29, 0.717) is 18.5 Å². The van der Waals surface area contributed by atoms with Crippen LogP contribution in [0.1, 0.15) is 29.3 Å². The maximum atomic E-state index is 12.8. The predicted molar refractivity (Wildman–Crippen MR) is 96.0 cm³/mol. The third-order valence-electron chi connectivity index (χ3n) is 4.73. The zero-order valence-corrected chi connectivity index (χ0v) is 14.3. The van der Waals surface area contributed by atoms with Crippen LogP contribution in [0.25, 0.3) is 11.1 Å². The second-order valence-corrected chi connectivity index (χ2v) is 6.64. The SMILES string of the molecule is Cc1ccccc1-c1ccc(C(=O)N2C[C@H](C)C[C@H]2C(=O)N=O)cc1. The lowest BCUT2D eigenvalue weighted by Crippen LogP contribution is -2.39. The smallest absolute Gasteiger partial charge is 0.308 e. The summed E-state index contributed by atoms with van der Waals surface area (Å²) in [4.78, 5) is 36.5. The van der Waals surface area contributed by atoms with Gasteiger partial charge >= 0.3 is 5.91 Å². The Morgan fingerprint density at radius 1 is 1.08 bits per heavy atom. The highest BCUT2D eigenvalue weighted by atomic mass is 16.3. The highest BCUT2D eigenvalue weighted by molar-refractivity contribution is 5.98. The van der Waals surface area contributed by atoms with Crippen LogP contribution in [0, 0.1) is 17.7 Å². The van der Waals surface area contributed by atoms with Gasteiger partial charge in [0.2, 0.25) is 0 Å². The summed E-state index contributed by atoms with van der Waals surface area (Å²) in [5.41, 5.74) is 3.83. The van der Waals surface area contributed by atoms with Crippen LogP contribution < -0.4 is 0 Å². The Labute approximate surface area is 146 Å². The molecule has 1 heterocycles. The quantitative estimate of drug-likeness (QED) is 0.801. The lowest BCUT2D eigenvalue weighted by atomic mass is 9.99. The van der Waals surface area contributed by atoms with E-state index in [1.165, 1.54) is 4.90 Å². The van der Waals surface area contributed by atoms with Crippen LogP contribution >= 0.6 is 0 Å². The number of amides is 2. The van der Waals surface area contributed by atoms with Crippen molar-refractivity contribution in [3.05, 3.63) is 64.6 Å². The minimum Gasteiger partial charge on any atom is -0.326 e. The van der Waals surface area contributed by atoms with Crippen molar-refractivity contribution < 1.29 is 9.59 Å². The number of carbonyl (C=O) groups is 2. The molecule has 5 heteroatoms. The first-order valence-electron chi connectivity index (χ1n) is 8.35. The van der Waals surface area contributed by atoms with Crippen molar-refractivity contribution in [3.63, 3.8) is 0 Å². The number of hydrogen-bond acceptors (Lipinski definition) is 3. The Kier molecular flexibility index (Phi) is 4.74. The summed E-state index contributed by atoms with van der Waals surface area (Å²) in [5.74, 6) is -0.831. The molecule has 1 aliphatic heterocycles. The first-order chi connectivity index (χ1) is 12.0. The molecule has 5 nitrogen and oxygen atoms in total. The van der Waals surface area contributed by atoms with Gasteiger partial charge in [-0.1, -0.05) is 43.3 Å². The summed E-state index contributed by atoms with van der Waals surface area (Å²) in [6.45, 7) is 4.46. The largest absolute Gasteiger partial charge is 0.326 e. The number of nitroso groups, excluding NO2 is 1. The van der Waals surface area contributed by atoms with Crippen molar-refractivity contribution in [3.8, 4) is 11.1 Å². The average Bonchev–Trinajstić information content (AvgIpc) is 3.03. The van der Waals surface area contributed by atoms with Crippen molar-refractivity contribution in [2.45, 2.75) is 26.3 Å². The molecular weight excluding hydrogens is 316 g/mol. The minimum atomic E-state index is -0.769. The maximum Gasteiger partial charge on any atom is 0.308 e. The van der Waals surface area contributed by atoms with Crippen LogP contribution in [0.2, 0.25) is 0 Å². The van der Waals surface area contributed by atoms with Crippen LogP contribution in [0.5, 0.6) is 0 Å². The van der Waals surface area contributed by atoms with E-state index in [2.05, 4.69) is 5.18 Å². The van der Waals surface area contributed by atoms with Gasteiger partial charge in [0.15, 0.2) is 0 Å². The third-order valence-corrected chi connectivity index (χ3v) is 4.73. The van der Waals surface area contributed by atoms with Crippen molar-refractivity contribution in [2.75, 3.05) is 6.54 Å². The predicted octanol–water partition coefficient (Wildman–Crippen LogP) is 3.81. The molecule has 1 saturated heterocycles. The second-order valence-electron chi connectivity index (χ2n) is 6.64. The molecule has 3 rings (SSSR count). The lowest BCUT2D eigenvalue weighted by molar-refractivity contribution is -0.121. The third kappa shape index (κ3) is 3.36. The van der Waals surface area contributed by atoms with E-state index in [9.17, 15) is 14.5 Å². The lowest BCUT2D eigenvalue weighted by Gasteiger charge is -2.21. The fourth-order valence-electron chi connectivity index (χ4n) is 3.42. The average molecular weight is 336 g/mol. The summed E-state index contributed by atoms with van der Waals surface area (Å²) < 4.78 is 0. The normalized spacial score (nSPS) is 19.7. The van der Waals surface area contributed by atoms with Crippen molar-refractivity contribution >= 4 is 11.8 Å². The van der Waals surface area contributed by atoms with Gasteiger partial charge in [-0.05, 0) is 48.1 Å². The van der Waals surface area contributed by atoms with E-state index in [1.807, 2.05) is 50.2 Å². The van der Waals surface area contributed by atoms with E-state index in [1.54, 1.807) is 12.1 Å². The molecule has 0 saturated carbocycles. The van der Waals surface area contributed by atoms with E-state index in [4.69, 9.17) is 0 Å². The minimum absolute atomic E-state index is 0.172.